The monoisotopic (exact) mass is 553 g/mol. The Hall–Kier alpha value is -5.07. The summed E-state index contributed by atoms with van der Waals surface area (Å²) in [5.41, 5.74) is 3.54. The Labute approximate surface area is 243 Å². The standard InChI is InChI=1S/C36H31N3O3/c1-24(29-22-13-15-26-14-9-10-20-30(26)29)34(40)38-39-33(37-32-23-12-11-21-31(32)35(39)41)25(2)36(42,27-16-5-3-6-17-27)28-18-7-4-8-19-28/h3-25,42H,1-2H3,(H,38,40). The molecule has 6 heteroatoms. The van der Waals surface area contributed by atoms with Gasteiger partial charge in [0.25, 0.3) is 5.56 Å². The fourth-order valence-corrected chi connectivity index (χ4v) is 5.76. The van der Waals surface area contributed by atoms with Crippen molar-refractivity contribution in [3.8, 4) is 0 Å². The van der Waals surface area contributed by atoms with E-state index >= 15 is 0 Å². The van der Waals surface area contributed by atoms with Gasteiger partial charge in [0.2, 0.25) is 5.91 Å². The molecule has 208 valence electrons. The number of nitrogens with one attached hydrogen (secondary N) is 1. The highest BCUT2D eigenvalue weighted by atomic mass is 16.3. The van der Waals surface area contributed by atoms with E-state index in [0.29, 0.717) is 22.0 Å². The highest BCUT2D eigenvalue weighted by molar-refractivity contribution is 5.96. The van der Waals surface area contributed by atoms with Crippen LogP contribution in [0, 0.1) is 0 Å². The maximum absolute atomic E-state index is 14.0. The SMILES string of the molecule is CC(C(=O)Nn1c(C(C)C(O)(c2ccccc2)c2ccccc2)nc2ccccc2c1=O)c1cccc2ccccc12. The van der Waals surface area contributed by atoms with Gasteiger partial charge in [-0.2, -0.15) is 0 Å². The summed E-state index contributed by atoms with van der Waals surface area (Å²) in [7, 11) is 0. The lowest BCUT2D eigenvalue weighted by Crippen LogP contribution is -2.42. The number of rotatable bonds is 7. The number of para-hydroxylation sites is 1. The van der Waals surface area contributed by atoms with Crippen LogP contribution in [-0.4, -0.2) is 20.7 Å². The molecule has 0 fully saturated rings. The molecule has 2 unspecified atom stereocenters. The van der Waals surface area contributed by atoms with Gasteiger partial charge in [0.15, 0.2) is 0 Å². The summed E-state index contributed by atoms with van der Waals surface area (Å²) in [5, 5.41) is 14.9. The summed E-state index contributed by atoms with van der Waals surface area (Å²) in [6.45, 7) is 3.65. The van der Waals surface area contributed by atoms with Crippen LogP contribution in [0.3, 0.4) is 0 Å². The quantitative estimate of drug-likeness (QED) is 0.238. The van der Waals surface area contributed by atoms with E-state index in [1.807, 2.05) is 123 Å². The Morgan fingerprint density at radius 2 is 1.29 bits per heavy atom. The van der Waals surface area contributed by atoms with Gasteiger partial charge in [-0.1, -0.05) is 122 Å². The first kappa shape index (κ1) is 27.1. The molecule has 1 amide bonds. The number of aromatic nitrogens is 2. The van der Waals surface area contributed by atoms with Crippen molar-refractivity contribution in [1.82, 2.24) is 9.66 Å². The van der Waals surface area contributed by atoms with Gasteiger partial charge >= 0.3 is 0 Å². The van der Waals surface area contributed by atoms with Gasteiger partial charge in [-0.15, -0.1) is 0 Å². The van der Waals surface area contributed by atoms with Gasteiger partial charge in [-0.3, -0.25) is 15.0 Å². The molecular formula is C36H31N3O3. The van der Waals surface area contributed by atoms with Crippen LogP contribution in [0.1, 0.15) is 48.2 Å². The van der Waals surface area contributed by atoms with Crippen LogP contribution < -0.4 is 11.0 Å². The highest BCUT2D eigenvalue weighted by Crippen LogP contribution is 2.41. The highest BCUT2D eigenvalue weighted by Gasteiger charge is 2.41. The van der Waals surface area contributed by atoms with Crippen LogP contribution >= 0.6 is 0 Å². The molecule has 6 aromatic rings. The Bertz CT molecular complexity index is 1910. The third kappa shape index (κ3) is 4.66. The number of hydrogen-bond donors (Lipinski definition) is 2. The molecule has 42 heavy (non-hydrogen) atoms. The van der Waals surface area contributed by atoms with Gasteiger partial charge in [-0.25, -0.2) is 9.66 Å². The second-order valence-corrected chi connectivity index (χ2v) is 10.6. The van der Waals surface area contributed by atoms with Crippen LogP contribution in [0.2, 0.25) is 0 Å². The molecule has 6 rings (SSSR count). The fourth-order valence-electron chi connectivity index (χ4n) is 5.76. The second kappa shape index (κ2) is 11.1. The lowest BCUT2D eigenvalue weighted by molar-refractivity contribution is -0.118. The third-order valence-corrected chi connectivity index (χ3v) is 8.15. The summed E-state index contributed by atoms with van der Waals surface area (Å²) in [4.78, 5) is 32.7. The molecule has 0 spiro atoms. The minimum atomic E-state index is -1.56. The Morgan fingerprint density at radius 3 is 1.95 bits per heavy atom. The van der Waals surface area contributed by atoms with E-state index in [4.69, 9.17) is 4.98 Å². The van der Waals surface area contributed by atoms with Gasteiger partial charge in [0.05, 0.1) is 22.7 Å². The molecule has 6 nitrogen and oxygen atoms in total. The summed E-state index contributed by atoms with van der Waals surface area (Å²) >= 11 is 0. The van der Waals surface area contributed by atoms with Crippen LogP contribution in [0.5, 0.6) is 0 Å². The van der Waals surface area contributed by atoms with Gasteiger partial charge in [-0.05, 0) is 46.5 Å². The van der Waals surface area contributed by atoms with Crippen molar-refractivity contribution in [3.63, 3.8) is 0 Å². The zero-order chi connectivity index (χ0) is 29.3. The van der Waals surface area contributed by atoms with Gasteiger partial charge < -0.3 is 5.11 Å². The fraction of sp³-hybridized carbons (Fsp3) is 0.139. The smallest absolute Gasteiger partial charge is 0.280 e. The van der Waals surface area contributed by atoms with Crippen LogP contribution in [-0.2, 0) is 10.4 Å². The molecule has 2 N–H and O–H groups in total. The van der Waals surface area contributed by atoms with E-state index in [0.717, 1.165) is 16.3 Å². The largest absolute Gasteiger partial charge is 0.380 e. The van der Waals surface area contributed by atoms with Crippen molar-refractivity contribution in [3.05, 3.63) is 160 Å². The number of fused-ring (bicyclic) bond motifs is 2. The first-order chi connectivity index (χ1) is 20.4. The van der Waals surface area contributed by atoms with Gasteiger partial charge in [0, 0.05) is 0 Å². The molecule has 0 aliphatic rings. The van der Waals surface area contributed by atoms with E-state index in [1.54, 1.807) is 18.2 Å². The molecule has 5 aromatic carbocycles. The number of carbonyl (C=O) groups excluding carboxylic acids is 1. The van der Waals surface area contributed by atoms with E-state index in [2.05, 4.69) is 5.43 Å². The molecule has 0 aliphatic heterocycles. The van der Waals surface area contributed by atoms with Crippen molar-refractivity contribution in [2.24, 2.45) is 0 Å². The molecule has 0 saturated heterocycles. The summed E-state index contributed by atoms with van der Waals surface area (Å²) < 4.78 is 1.22. The zero-order valence-electron chi connectivity index (χ0n) is 23.4. The molecule has 1 heterocycles. The average Bonchev–Trinajstić information content (AvgIpc) is 3.05. The molecule has 1 aromatic heterocycles. The predicted molar refractivity (Wildman–Crippen MR) is 167 cm³/mol. The van der Waals surface area contributed by atoms with E-state index in [-0.39, 0.29) is 11.7 Å². The molecular weight excluding hydrogens is 522 g/mol. The summed E-state index contributed by atoms with van der Waals surface area (Å²) in [6.07, 6.45) is 0. The Balaban J connectivity index is 1.50. The minimum absolute atomic E-state index is 0.243. The number of hydrogen-bond acceptors (Lipinski definition) is 4. The lowest BCUT2D eigenvalue weighted by atomic mass is 9.76. The Kier molecular flexibility index (Phi) is 7.15. The number of nitrogens with zero attached hydrogens (tertiary/aromatic N) is 2. The Morgan fingerprint density at radius 1 is 0.738 bits per heavy atom. The predicted octanol–water partition coefficient (Wildman–Crippen LogP) is 6.46. The maximum atomic E-state index is 14.0. The summed E-state index contributed by atoms with van der Waals surface area (Å²) in [6, 6.07) is 39.5. The lowest BCUT2D eigenvalue weighted by Gasteiger charge is -2.36. The van der Waals surface area contributed by atoms with E-state index in [1.165, 1.54) is 4.68 Å². The van der Waals surface area contributed by atoms with Crippen LogP contribution in [0.4, 0.5) is 0 Å². The van der Waals surface area contributed by atoms with Crippen molar-refractivity contribution >= 4 is 27.6 Å². The topological polar surface area (TPSA) is 84.2 Å². The van der Waals surface area contributed by atoms with Crippen molar-refractivity contribution < 1.29 is 9.90 Å². The normalized spacial score (nSPS) is 13.1. The first-order valence-electron chi connectivity index (χ1n) is 14.0. The molecule has 0 saturated carbocycles. The number of aliphatic hydroxyl groups is 1. The average molecular weight is 554 g/mol. The van der Waals surface area contributed by atoms with E-state index in [9.17, 15) is 14.7 Å². The van der Waals surface area contributed by atoms with Crippen molar-refractivity contribution in [2.45, 2.75) is 31.3 Å². The molecule has 0 bridgehead atoms. The van der Waals surface area contributed by atoms with Crippen LogP contribution in [0.15, 0.2) is 132 Å². The molecule has 0 aliphatic carbocycles. The van der Waals surface area contributed by atoms with E-state index < -0.39 is 23.0 Å². The second-order valence-electron chi connectivity index (χ2n) is 10.6. The summed E-state index contributed by atoms with van der Waals surface area (Å²) in [5.74, 6) is -1.43. The number of carbonyl (C=O) groups is 1. The number of amides is 1. The van der Waals surface area contributed by atoms with Crippen molar-refractivity contribution in [2.75, 3.05) is 5.43 Å². The first-order valence-corrected chi connectivity index (χ1v) is 14.0. The number of benzene rings is 5. The minimum Gasteiger partial charge on any atom is -0.380 e. The van der Waals surface area contributed by atoms with Crippen LogP contribution in [0.25, 0.3) is 21.7 Å². The van der Waals surface area contributed by atoms with Gasteiger partial charge in [0.1, 0.15) is 11.4 Å². The van der Waals surface area contributed by atoms with Crippen molar-refractivity contribution in [1.29, 1.82) is 0 Å². The molecule has 2 atom stereocenters. The maximum Gasteiger partial charge on any atom is 0.280 e. The zero-order valence-corrected chi connectivity index (χ0v) is 23.4. The third-order valence-electron chi connectivity index (χ3n) is 8.15. The molecule has 0 radical (unpaired) electrons.